The molecule has 0 saturated carbocycles. The summed E-state index contributed by atoms with van der Waals surface area (Å²) >= 11 is 0. The highest BCUT2D eigenvalue weighted by Gasteiger charge is 2.29. The molecule has 46 heavy (non-hydrogen) atoms. The Morgan fingerprint density at radius 3 is 1.17 bits per heavy atom. The van der Waals surface area contributed by atoms with Crippen LogP contribution in [0.2, 0.25) is 0 Å². The van der Waals surface area contributed by atoms with Gasteiger partial charge < -0.3 is 13.6 Å². The molecule has 0 N–H and O–H groups in total. The van der Waals surface area contributed by atoms with Crippen LogP contribution in [-0.2, 0) is 21.7 Å². The van der Waals surface area contributed by atoms with E-state index in [0.717, 1.165) is 33.4 Å². The number of benzene rings is 5. The fourth-order valence-electron chi connectivity index (χ4n) is 5.59. The van der Waals surface area contributed by atoms with Crippen LogP contribution in [-0.4, -0.2) is 0 Å². The first-order chi connectivity index (χ1) is 21.3. The van der Waals surface area contributed by atoms with Gasteiger partial charge in [-0.05, 0) is 90.7 Å². The second kappa shape index (κ2) is 12.2. The van der Waals surface area contributed by atoms with Gasteiger partial charge in [0.25, 0.3) is 0 Å². The third-order valence-electron chi connectivity index (χ3n) is 8.49. The van der Waals surface area contributed by atoms with Gasteiger partial charge in [0, 0.05) is 11.1 Å². The smallest absolute Gasteiger partial charge is 0.409 e. The van der Waals surface area contributed by atoms with Gasteiger partial charge in [0.1, 0.15) is 17.2 Å². The van der Waals surface area contributed by atoms with Crippen molar-refractivity contribution in [2.75, 3.05) is 0 Å². The lowest BCUT2D eigenvalue weighted by molar-refractivity contribution is 0.378. The Hall–Kier alpha value is -3.55. The summed E-state index contributed by atoms with van der Waals surface area (Å²) in [6.07, 6.45) is 0. The zero-order valence-electron chi connectivity index (χ0n) is 29.8. The number of hydrogen-bond acceptors (Lipinski definition) is 3. The Kier molecular flexibility index (Phi) is 8.99. The van der Waals surface area contributed by atoms with Crippen molar-refractivity contribution >= 4 is 30.1 Å². The SMILES string of the molecule is CC(C)(C)c1ccc2cc(OP(Oc3ccccc3)Oc3cc4ccc(C(C)(C)C)cc4cc3C(C)(C)C)c(C(C)(C)C)cc2c1. The Morgan fingerprint density at radius 1 is 0.391 bits per heavy atom. The molecule has 0 saturated heterocycles. The van der Waals surface area contributed by atoms with Crippen LogP contribution in [0.15, 0.2) is 91.0 Å². The van der Waals surface area contributed by atoms with Gasteiger partial charge in [0.2, 0.25) is 0 Å². The number of rotatable bonds is 6. The van der Waals surface area contributed by atoms with E-state index in [1.165, 1.54) is 21.9 Å². The molecule has 0 aliphatic heterocycles. The van der Waals surface area contributed by atoms with E-state index < -0.39 is 8.60 Å². The van der Waals surface area contributed by atoms with E-state index in [1.807, 2.05) is 30.3 Å². The molecule has 0 bridgehead atoms. The van der Waals surface area contributed by atoms with Crippen LogP contribution < -0.4 is 13.6 Å². The standard InChI is InChI=1S/C42H51O3P/c1-39(2,3)32-20-18-28-26-37(35(41(7,8)9)24-30(28)22-32)44-46(43-34-16-14-13-15-17-34)45-38-27-29-19-21-33(40(4,5)6)23-31(29)25-36(38)42(10,11)12/h13-27H,1-12H3. The van der Waals surface area contributed by atoms with Crippen LogP contribution >= 0.6 is 8.60 Å². The summed E-state index contributed by atoms with van der Waals surface area (Å²) < 4.78 is 20.2. The Morgan fingerprint density at radius 2 is 0.804 bits per heavy atom. The zero-order valence-corrected chi connectivity index (χ0v) is 30.7. The van der Waals surface area contributed by atoms with Crippen LogP contribution in [0.25, 0.3) is 21.5 Å². The molecule has 0 atom stereocenters. The molecule has 242 valence electrons. The van der Waals surface area contributed by atoms with Crippen molar-refractivity contribution < 1.29 is 13.6 Å². The number of hydrogen-bond donors (Lipinski definition) is 0. The quantitative estimate of drug-likeness (QED) is 0.174. The number of para-hydroxylation sites is 1. The average Bonchev–Trinajstić information content (AvgIpc) is 2.94. The molecule has 0 aliphatic rings. The van der Waals surface area contributed by atoms with E-state index in [2.05, 4.69) is 144 Å². The van der Waals surface area contributed by atoms with E-state index in [4.69, 9.17) is 13.6 Å². The van der Waals surface area contributed by atoms with Gasteiger partial charge in [0.05, 0.1) is 0 Å². The summed E-state index contributed by atoms with van der Waals surface area (Å²) in [7, 11) is -1.88. The van der Waals surface area contributed by atoms with Crippen LogP contribution in [0, 0.1) is 0 Å². The Labute approximate surface area is 278 Å². The fourth-order valence-corrected chi connectivity index (χ4v) is 6.62. The third kappa shape index (κ3) is 7.69. The molecule has 3 nitrogen and oxygen atoms in total. The molecule has 0 aliphatic carbocycles. The van der Waals surface area contributed by atoms with Crippen molar-refractivity contribution in [1.29, 1.82) is 0 Å². The van der Waals surface area contributed by atoms with E-state index in [0.29, 0.717) is 5.75 Å². The monoisotopic (exact) mass is 634 g/mol. The minimum atomic E-state index is -1.88. The zero-order chi connectivity index (χ0) is 33.7. The Bertz CT molecular complexity index is 1730. The van der Waals surface area contributed by atoms with Gasteiger partial charge in [-0.3, -0.25) is 0 Å². The molecule has 0 unspecified atom stereocenters. The second-order valence-corrected chi connectivity index (χ2v) is 17.6. The molecule has 0 spiro atoms. The molecule has 0 amide bonds. The first-order valence-corrected chi connectivity index (χ1v) is 17.5. The molecular formula is C42H51O3P. The van der Waals surface area contributed by atoms with Gasteiger partial charge in [0.15, 0.2) is 0 Å². The van der Waals surface area contributed by atoms with E-state index in [-0.39, 0.29) is 21.7 Å². The average molecular weight is 635 g/mol. The molecule has 4 heteroatoms. The maximum Gasteiger partial charge on any atom is 0.530 e. The van der Waals surface area contributed by atoms with Crippen molar-refractivity contribution in [1.82, 2.24) is 0 Å². The maximum absolute atomic E-state index is 6.85. The molecular weight excluding hydrogens is 583 g/mol. The third-order valence-corrected chi connectivity index (χ3v) is 9.55. The molecule has 0 aromatic heterocycles. The number of fused-ring (bicyclic) bond motifs is 2. The molecule has 5 aromatic rings. The summed E-state index contributed by atoms with van der Waals surface area (Å²) in [5.41, 5.74) is 4.65. The van der Waals surface area contributed by atoms with Crippen LogP contribution in [0.4, 0.5) is 0 Å². The molecule has 0 fully saturated rings. The van der Waals surface area contributed by atoms with Crippen molar-refractivity contribution in [2.45, 2.75) is 105 Å². The minimum Gasteiger partial charge on any atom is -0.409 e. The summed E-state index contributed by atoms with van der Waals surface area (Å²) in [6.45, 7) is 26.9. The van der Waals surface area contributed by atoms with Crippen molar-refractivity contribution in [3.05, 3.63) is 113 Å². The van der Waals surface area contributed by atoms with E-state index >= 15 is 0 Å². The van der Waals surface area contributed by atoms with Crippen molar-refractivity contribution in [2.24, 2.45) is 0 Å². The van der Waals surface area contributed by atoms with Gasteiger partial charge in [-0.2, -0.15) is 0 Å². The van der Waals surface area contributed by atoms with E-state index in [9.17, 15) is 0 Å². The fraction of sp³-hybridized carbons (Fsp3) is 0.381. The first kappa shape index (κ1) is 33.8. The van der Waals surface area contributed by atoms with Crippen LogP contribution in [0.3, 0.4) is 0 Å². The topological polar surface area (TPSA) is 27.7 Å². The maximum atomic E-state index is 6.85. The Balaban J connectivity index is 1.62. The lowest BCUT2D eigenvalue weighted by Gasteiger charge is -2.28. The molecule has 5 aromatic carbocycles. The summed E-state index contributed by atoms with van der Waals surface area (Å²) in [6, 6.07) is 32.1. The van der Waals surface area contributed by atoms with Gasteiger partial charge >= 0.3 is 8.60 Å². The summed E-state index contributed by atoms with van der Waals surface area (Å²) in [4.78, 5) is 0. The summed E-state index contributed by atoms with van der Waals surface area (Å²) in [5.74, 6) is 2.26. The molecule has 5 rings (SSSR count). The second-order valence-electron chi connectivity index (χ2n) is 16.6. The highest BCUT2D eigenvalue weighted by atomic mass is 31.2. The van der Waals surface area contributed by atoms with Crippen molar-refractivity contribution in [3.8, 4) is 17.2 Å². The van der Waals surface area contributed by atoms with Gasteiger partial charge in [-0.15, -0.1) is 0 Å². The predicted molar refractivity (Wildman–Crippen MR) is 198 cm³/mol. The summed E-state index contributed by atoms with van der Waals surface area (Å²) in [5, 5.41) is 4.67. The van der Waals surface area contributed by atoms with Gasteiger partial charge in [-0.1, -0.05) is 138 Å². The highest BCUT2D eigenvalue weighted by molar-refractivity contribution is 7.43. The minimum absolute atomic E-state index is 0.0654. The first-order valence-electron chi connectivity index (χ1n) is 16.4. The lowest BCUT2D eigenvalue weighted by Crippen LogP contribution is -2.16. The normalized spacial score (nSPS) is 13.0. The van der Waals surface area contributed by atoms with Crippen LogP contribution in [0.5, 0.6) is 17.2 Å². The van der Waals surface area contributed by atoms with Crippen molar-refractivity contribution in [3.63, 3.8) is 0 Å². The highest BCUT2D eigenvalue weighted by Crippen LogP contribution is 2.49. The lowest BCUT2D eigenvalue weighted by atomic mass is 9.83. The predicted octanol–water partition coefficient (Wildman–Crippen LogP) is 12.9. The molecule has 0 radical (unpaired) electrons. The molecule has 0 heterocycles. The van der Waals surface area contributed by atoms with Crippen LogP contribution in [0.1, 0.15) is 105 Å². The largest absolute Gasteiger partial charge is 0.530 e. The van der Waals surface area contributed by atoms with E-state index in [1.54, 1.807) is 0 Å². The van der Waals surface area contributed by atoms with Gasteiger partial charge in [-0.25, -0.2) is 0 Å².